The van der Waals surface area contributed by atoms with Crippen molar-refractivity contribution >= 4 is 15.7 Å². The number of benzene rings is 2. The third kappa shape index (κ3) is 4.34. The van der Waals surface area contributed by atoms with Crippen molar-refractivity contribution in [1.29, 1.82) is 0 Å². The zero-order valence-corrected chi connectivity index (χ0v) is 12.8. The maximum atomic E-state index is 13.6. The van der Waals surface area contributed by atoms with Gasteiger partial charge in [0.1, 0.15) is 22.3 Å². The summed E-state index contributed by atoms with van der Waals surface area (Å²) in [5, 5.41) is 0. The predicted octanol–water partition coefficient (Wildman–Crippen LogP) is 3.97. The number of sulfonamides is 1. The van der Waals surface area contributed by atoms with Gasteiger partial charge in [0.25, 0.3) is 10.0 Å². The van der Waals surface area contributed by atoms with Gasteiger partial charge in [-0.3, -0.25) is 4.72 Å². The van der Waals surface area contributed by atoms with Gasteiger partial charge in [0.2, 0.25) is 0 Å². The second-order valence-electron chi connectivity index (χ2n) is 4.70. The average molecular weight is 367 g/mol. The van der Waals surface area contributed by atoms with Crippen LogP contribution in [0, 0.1) is 18.6 Å². The second kappa shape index (κ2) is 6.27. The average Bonchev–Trinajstić information content (AvgIpc) is 2.39. The first-order valence-electron chi connectivity index (χ1n) is 6.32. The fourth-order valence-electron chi connectivity index (χ4n) is 1.84. The van der Waals surface area contributed by atoms with Crippen molar-refractivity contribution < 1.29 is 35.1 Å². The Balaban J connectivity index is 2.30. The van der Waals surface area contributed by atoms with Crippen LogP contribution in [-0.4, -0.2) is 14.8 Å². The molecule has 10 heteroatoms. The van der Waals surface area contributed by atoms with Crippen LogP contribution >= 0.6 is 0 Å². The van der Waals surface area contributed by atoms with Crippen molar-refractivity contribution in [3.05, 3.63) is 53.6 Å². The molecule has 4 nitrogen and oxygen atoms in total. The molecule has 2 aromatic rings. The highest BCUT2D eigenvalue weighted by Gasteiger charge is 2.31. The third-order valence-electron chi connectivity index (χ3n) is 2.86. The lowest BCUT2D eigenvalue weighted by atomic mass is 10.2. The van der Waals surface area contributed by atoms with Crippen LogP contribution in [0.15, 0.2) is 41.3 Å². The topological polar surface area (TPSA) is 55.4 Å². The first-order valence-corrected chi connectivity index (χ1v) is 7.80. The van der Waals surface area contributed by atoms with Gasteiger partial charge in [0, 0.05) is 6.07 Å². The van der Waals surface area contributed by atoms with E-state index in [0.29, 0.717) is 6.07 Å². The van der Waals surface area contributed by atoms with Crippen LogP contribution in [0.5, 0.6) is 5.75 Å². The monoisotopic (exact) mass is 367 g/mol. The maximum Gasteiger partial charge on any atom is 0.573 e. The number of rotatable bonds is 4. The Morgan fingerprint density at radius 3 is 2.25 bits per heavy atom. The van der Waals surface area contributed by atoms with E-state index >= 15 is 0 Å². The Hall–Kier alpha value is -2.36. The summed E-state index contributed by atoms with van der Waals surface area (Å²) in [7, 11) is -4.39. The van der Waals surface area contributed by atoms with Crippen molar-refractivity contribution in [2.45, 2.75) is 18.2 Å². The normalized spacial score (nSPS) is 12.1. The molecule has 0 bridgehead atoms. The van der Waals surface area contributed by atoms with E-state index in [2.05, 4.69) is 4.74 Å². The molecule has 0 aliphatic rings. The summed E-state index contributed by atoms with van der Waals surface area (Å²) in [6.07, 6.45) is -4.88. The van der Waals surface area contributed by atoms with Crippen LogP contribution in [0.1, 0.15) is 5.56 Å². The van der Waals surface area contributed by atoms with Crippen LogP contribution in [0.3, 0.4) is 0 Å². The first kappa shape index (κ1) is 18.0. The van der Waals surface area contributed by atoms with Crippen LogP contribution < -0.4 is 9.46 Å². The Morgan fingerprint density at radius 2 is 1.71 bits per heavy atom. The molecule has 0 atom stereocenters. The molecule has 0 radical (unpaired) electrons. The van der Waals surface area contributed by atoms with Gasteiger partial charge in [0.05, 0.1) is 5.69 Å². The minimum absolute atomic E-state index is 0.0757. The largest absolute Gasteiger partial charge is 0.573 e. The quantitative estimate of drug-likeness (QED) is 0.832. The highest BCUT2D eigenvalue weighted by atomic mass is 32.2. The van der Waals surface area contributed by atoms with Gasteiger partial charge in [-0.05, 0) is 42.8 Å². The SMILES string of the molecule is Cc1cc(OC(F)(F)F)ccc1NS(=O)(=O)c1ccc(F)cc1F. The van der Waals surface area contributed by atoms with Gasteiger partial charge >= 0.3 is 6.36 Å². The molecule has 0 aliphatic heterocycles. The molecular weight excluding hydrogens is 357 g/mol. The summed E-state index contributed by atoms with van der Waals surface area (Å²) in [4.78, 5) is -0.793. The number of hydrogen-bond donors (Lipinski definition) is 1. The van der Waals surface area contributed by atoms with Crippen molar-refractivity contribution in [2.75, 3.05) is 4.72 Å². The van der Waals surface area contributed by atoms with E-state index in [9.17, 15) is 30.4 Å². The highest BCUT2D eigenvalue weighted by Crippen LogP contribution is 2.28. The van der Waals surface area contributed by atoms with Gasteiger partial charge < -0.3 is 4.74 Å². The van der Waals surface area contributed by atoms with E-state index in [1.807, 2.05) is 4.72 Å². The Labute approximate surface area is 133 Å². The van der Waals surface area contributed by atoms with E-state index in [0.717, 1.165) is 30.3 Å². The molecule has 0 saturated heterocycles. The molecule has 24 heavy (non-hydrogen) atoms. The van der Waals surface area contributed by atoms with Gasteiger partial charge in [0.15, 0.2) is 0 Å². The Kier molecular flexibility index (Phi) is 4.70. The van der Waals surface area contributed by atoms with Crippen LogP contribution in [0.2, 0.25) is 0 Å². The summed E-state index contributed by atoms with van der Waals surface area (Å²) < 4.78 is 92.8. The van der Waals surface area contributed by atoms with Gasteiger partial charge in [-0.15, -0.1) is 13.2 Å². The molecular formula is C14H10F5NO3S. The third-order valence-corrected chi connectivity index (χ3v) is 4.26. The molecule has 0 unspecified atom stereocenters. The van der Waals surface area contributed by atoms with Gasteiger partial charge in [-0.1, -0.05) is 0 Å². The van der Waals surface area contributed by atoms with Crippen molar-refractivity contribution in [3.63, 3.8) is 0 Å². The van der Waals surface area contributed by atoms with E-state index in [-0.39, 0.29) is 11.3 Å². The molecule has 0 saturated carbocycles. The summed E-state index contributed by atoms with van der Waals surface area (Å²) in [6, 6.07) is 4.82. The molecule has 0 amide bonds. The number of alkyl halides is 3. The summed E-state index contributed by atoms with van der Waals surface area (Å²) in [5.41, 5.74) is 0.0381. The number of aryl methyl sites for hydroxylation is 1. The van der Waals surface area contributed by atoms with Crippen LogP contribution in [0.4, 0.5) is 27.6 Å². The minimum Gasteiger partial charge on any atom is -0.406 e. The summed E-state index contributed by atoms with van der Waals surface area (Å²) in [5.74, 6) is -2.77. The zero-order chi connectivity index (χ0) is 18.1. The van der Waals surface area contributed by atoms with Crippen LogP contribution in [-0.2, 0) is 10.0 Å². The van der Waals surface area contributed by atoms with Gasteiger partial charge in [-0.25, -0.2) is 17.2 Å². The molecule has 0 spiro atoms. The van der Waals surface area contributed by atoms with Crippen molar-refractivity contribution in [3.8, 4) is 5.75 Å². The first-order chi connectivity index (χ1) is 11.0. The number of nitrogens with one attached hydrogen (secondary N) is 1. The van der Waals surface area contributed by atoms with E-state index in [1.165, 1.54) is 6.92 Å². The number of halogens is 5. The highest BCUT2D eigenvalue weighted by molar-refractivity contribution is 7.92. The summed E-state index contributed by atoms with van der Waals surface area (Å²) >= 11 is 0. The number of ether oxygens (including phenoxy) is 1. The second-order valence-corrected chi connectivity index (χ2v) is 6.36. The fourth-order valence-corrected chi connectivity index (χ4v) is 3.03. The predicted molar refractivity (Wildman–Crippen MR) is 75.0 cm³/mol. The molecule has 2 aromatic carbocycles. The number of hydrogen-bond acceptors (Lipinski definition) is 3. The molecule has 2 rings (SSSR count). The maximum absolute atomic E-state index is 13.6. The Bertz CT molecular complexity index is 865. The lowest BCUT2D eigenvalue weighted by molar-refractivity contribution is -0.274. The lowest BCUT2D eigenvalue weighted by Gasteiger charge is -2.14. The van der Waals surface area contributed by atoms with Gasteiger partial charge in [-0.2, -0.15) is 0 Å². The lowest BCUT2D eigenvalue weighted by Crippen LogP contribution is -2.18. The minimum atomic E-state index is -4.88. The molecule has 0 fully saturated rings. The van der Waals surface area contributed by atoms with Crippen molar-refractivity contribution in [2.24, 2.45) is 0 Å². The number of anilines is 1. The van der Waals surface area contributed by atoms with E-state index in [4.69, 9.17) is 0 Å². The summed E-state index contributed by atoms with van der Waals surface area (Å²) in [6.45, 7) is 1.34. The van der Waals surface area contributed by atoms with E-state index in [1.54, 1.807) is 0 Å². The van der Waals surface area contributed by atoms with Crippen LogP contribution in [0.25, 0.3) is 0 Å². The zero-order valence-electron chi connectivity index (χ0n) is 12.0. The Morgan fingerprint density at radius 1 is 1.04 bits per heavy atom. The van der Waals surface area contributed by atoms with E-state index < -0.39 is 38.7 Å². The van der Waals surface area contributed by atoms with Crippen molar-refractivity contribution in [1.82, 2.24) is 0 Å². The molecule has 0 aliphatic carbocycles. The molecule has 1 N–H and O–H groups in total. The molecule has 0 aromatic heterocycles. The standard InChI is InChI=1S/C14H10F5NO3S/c1-8-6-10(23-14(17,18)19)3-4-12(8)20-24(21,22)13-5-2-9(15)7-11(13)16/h2-7,20H,1H3. The fraction of sp³-hybridized carbons (Fsp3) is 0.143. The smallest absolute Gasteiger partial charge is 0.406 e. The molecule has 130 valence electrons. The molecule has 0 heterocycles.